The van der Waals surface area contributed by atoms with Crippen LogP contribution < -0.4 is 15.4 Å². The van der Waals surface area contributed by atoms with Crippen LogP contribution >= 0.6 is 11.8 Å². The fraction of sp³-hybridized carbons (Fsp3) is 0.480. The van der Waals surface area contributed by atoms with E-state index in [4.69, 9.17) is 14.2 Å². The molecule has 0 radical (unpaired) electrons. The second-order valence-corrected chi connectivity index (χ2v) is 11.1. The van der Waals surface area contributed by atoms with Crippen molar-refractivity contribution >= 4 is 41.6 Å². The summed E-state index contributed by atoms with van der Waals surface area (Å²) in [5, 5.41) is 14.3. The smallest absolute Gasteiger partial charge is 0.408 e. The number of hydrogen-bond acceptors (Lipinski definition) is 9. The SMILES string of the molecule is CC(=O)OCC1=C(C(=O)O)N2C(=O)C(NC(=O)C(NC(=O)OC(C)(C)C)c3ccc4c(c3)CCO4)C2SC1. The van der Waals surface area contributed by atoms with Crippen molar-refractivity contribution in [3.63, 3.8) is 0 Å². The monoisotopic (exact) mass is 547 g/mol. The van der Waals surface area contributed by atoms with Gasteiger partial charge >= 0.3 is 18.0 Å². The van der Waals surface area contributed by atoms with Crippen molar-refractivity contribution in [3.8, 4) is 5.75 Å². The molecule has 204 valence electrons. The van der Waals surface area contributed by atoms with Gasteiger partial charge in [-0.15, -0.1) is 11.8 Å². The van der Waals surface area contributed by atoms with E-state index in [0.717, 1.165) is 10.5 Å². The van der Waals surface area contributed by atoms with Gasteiger partial charge in [0.15, 0.2) is 0 Å². The van der Waals surface area contributed by atoms with Crippen LogP contribution in [0.2, 0.25) is 0 Å². The van der Waals surface area contributed by atoms with Gasteiger partial charge in [0.1, 0.15) is 41.1 Å². The lowest BCUT2D eigenvalue weighted by molar-refractivity contribution is -0.151. The van der Waals surface area contributed by atoms with E-state index in [0.29, 0.717) is 24.3 Å². The minimum absolute atomic E-state index is 0.195. The summed E-state index contributed by atoms with van der Waals surface area (Å²) in [7, 11) is 0. The summed E-state index contributed by atoms with van der Waals surface area (Å²) in [5.41, 5.74) is 0.594. The van der Waals surface area contributed by atoms with Gasteiger partial charge in [-0.25, -0.2) is 9.59 Å². The van der Waals surface area contributed by atoms with Gasteiger partial charge in [-0.05, 0) is 44.0 Å². The lowest BCUT2D eigenvalue weighted by atomic mass is 9.99. The molecule has 3 heterocycles. The number of β-lactam (4-membered cyclic amide) rings is 1. The molecule has 3 atom stereocenters. The van der Waals surface area contributed by atoms with Crippen LogP contribution in [0.25, 0.3) is 0 Å². The highest BCUT2D eigenvalue weighted by molar-refractivity contribution is 8.00. The Morgan fingerprint density at radius 2 is 2.00 bits per heavy atom. The van der Waals surface area contributed by atoms with Crippen molar-refractivity contribution in [1.29, 1.82) is 0 Å². The first kappa shape index (κ1) is 27.3. The Morgan fingerprint density at radius 3 is 2.66 bits per heavy atom. The van der Waals surface area contributed by atoms with Gasteiger partial charge in [-0.3, -0.25) is 19.3 Å². The molecular weight excluding hydrogens is 518 g/mol. The molecule has 4 rings (SSSR count). The number of esters is 1. The van der Waals surface area contributed by atoms with E-state index in [9.17, 15) is 29.1 Å². The topological polar surface area (TPSA) is 161 Å². The van der Waals surface area contributed by atoms with Gasteiger partial charge in [-0.1, -0.05) is 6.07 Å². The quantitative estimate of drug-likeness (QED) is 0.337. The van der Waals surface area contributed by atoms with Crippen LogP contribution in [0.5, 0.6) is 5.75 Å². The number of aliphatic carboxylic acids is 1. The summed E-state index contributed by atoms with van der Waals surface area (Å²) >= 11 is 1.24. The van der Waals surface area contributed by atoms with E-state index >= 15 is 0 Å². The van der Waals surface area contributed by atoms with Gasteiger partial charge in [0.2, 0.25) is 5.91 Å². The maximum Gasteiger partial charge on any atom is 0.408 e. The third-order valence-electron chi connectivity index (χ3n) is 5.97. The first-order chi connectivity index (χ1) is 17.9. The van der Waals surface area contributed by atoms with Crippen molar-refractivity contribution in [3.05, 3.63) is 40.6 Å². The van der Waals surface area contributed by atoms with Crippen LogP contribution in [0.4, 0.5) is 4.79 Å². The summed E-state index contributed by atoms with van der Waals surface area (Å²) in [6.07, 6.45) is -0.159. The predicted octanol–water partition coefficient (Wildman–Crippen LogP) is 1.49. The summed E-state index contributed by atoms with van der Waals surface area (Å²) in [6, 6.07) is 2.94. The molecule has 1 saturated heterocycles. The second kappa shape index (κ2) is 10.6. The van der Waals surface area contributed by atoms with E-state index in [-0.39, 0.29) is 23.6 Å². The fourth-order valence-electron chi connectivity index (χ4n) is 4.33. The molecule has 3 aliphatic rings. The maximum absolute atomic E-state index is 13.4. The lowest BCUT2D eigenvalue weighted by Crippen LogP contribution is -2.71. The Hall–Kier alpha value is -3.74. The molecule has 0 spiro atoms. The number of carboxylic acids is 1. The number of nitrogens with zero attached hydrogens (tertiary/aromatic N) is 1. The molecule has 3 aliphatic heterocycles. The van der Waals surface area contributed by atoms with Crippen LogP contribution in [0.1, 0.15) is 44.9 Å². The molecule has 0 bridgehead atoms. The third kappa shape index (κ3) is 5.72. The molecule has 0 aliphatic carbocycles. The molecule has 12 nitrogen and oxygen atoms in total. The predicted molar refractivity (Wildman–Crippen MR) is 134 cm³/mol. The third-order valence-corrected chi connectivity index (χ3v) is 7.31. The first-order valence-electron chi connectivity index (χ1n) is 11.9. The Morgan fingerprint density at radius 1 is 1.26 bits per heavy atom. The molecule has 3 unspecified atom stereocenters. The van der Waals surface area contributed by atoms with Gasteiger partial charge in [0.05, 0.1) is 6.61 Å². The number of carbonyl (C=O) groups is 5. The van der Waals surface area contributed by atoms with E-state index in [1.165, 1.54) is 18.7 Å². The number of carboxylic acid groups (broad SMARTS) is 1. The highest BCUT2D eigenvalue weighted by Crippen LogP contribution is 2.40. The van der Waals surface area contributed by atoms with Crippen molar-refractivity contribution in [2.24, 2.45) is 0 Å². The largest absolute Gasteiger partial charge is 0.493 e. The molecule has 38 heavy (non-hydrogen) atoms. The maximum atomic E-state index is 13.4. The van der Waals surface area contributed by atoms with Gasteiger partial charge in [-0.2, -0.15) is 0 Å². The molecule has 1 aromatic carbocycles. The first-order valence-corrected chi connectivity index (χ1v) is 13.0. The van der Waals surface area contributed by atoms with Gasteiger partial charge < -0.3 is 30.0 Å². The van der Waals surface area contributed by atoms with Crippen LogP contribution in [0.3, 0.4) is 0 Å². The summed E-state index contributed by atoms with van der Waals surface area (Å²) < 4.78 is 15.8. The molecule has 1 fully saturated rings. The highest BCUT2D eigenvalue weighted by Gasteiger charge is 2.54. The number of thioether (sulfide) groups is 1. The molecule has 0 saturated carbocycles. The van der Waals surface area contributed by atoms with Crippen LogP contribution in [-0.2, 0) is 35.1 Å². The van der Waals surface area contributed by atoms with Gasteiger partial charge in [0, 0.05) is 24.7 Å². The fourth-order valence-corrected chi connectivity index (χ4v) is 5.66. The minimum Gasteiger partial charge on any atom is -0.493 e. The summed E-state index contributed by atoms with van der Waals surface area (Å²) in [6.45, 7) is 6.55. The van der Waals surface area contributed by atoms with Crippen LogP contribution in [0, 0.1) is 0 Å². The summed E-state index contributed by atoms with van der Waals surface area (Å²) in [4.78, 5) is 63.2. The molecule has 3 N–H and O–H groups in total. The van der Waals surface area contributed by atoms with Crippen molar-refractivity contribution in [2.45, 2.75) is 57.2 Å². The van der Waals surface area contributed by atoms with Gasteiger partial charge in [0.25, 0.3) is 5.91 Å². The zero-order valence-corrected chi connectivity index (χ0v) is 22.2. The number of nitrogens with one attached hydrogen (secondary N) is 2. The Labute approximate surface area is 223 Å². The number of benzene rings is 1. The molecule has 1 aromatic rings. The molecule has 3 amide bonds. The average Bonchev–Trinajstić information content (AvgIpc) is 3.30. The molecule has 0 aromatic heterocycles. The normalized spacial score (nSPS) is 20.8. The van der Waals surface area contributed by atoms with Crippen molar-refractivity contribution in [1.82, 2.24) is 15.5 Å². The number of fused-ring (bicyclic) bond motifs is 2. The summed E-state index contributed by atoms with van der Waals surface area (Å²) in [5.74, 6) is -2.28. The van der Waals surface area contributed by atoms with Crippen molar-refractivity contribution in [2.75, 3.05) is 19.0 Å². The second-order valence-electron chi connectivity index (χ2n) is 9.98. The lowest BCUT2D eigenvalue weighted by Gasteiger charge is -2.49. The standard InChI is InChI=1S/C25H29N3O9S/c1-12(29)36-10-15-11-38-22-18(21(31)28(22)19(15)23(32)33)26-20(30)17(27-24(34)37-25(2,3)4)14-5-6-16-13(9-14)7-8-35-16/h5-6,9,17-18,22H,7-8,10-11H2,1-4H3,(H,26,30)(H,27,34)(H,32,33). The zero-order valence-electron chi connectivity index (χ0n) is 21.4. The number of rotatable bonds is 7. The Bertz CT molecular complexity index is 1220. The number of alkyl carbamates (subject to hydrolysis) is 1. The average molecular weight is 548 g/mol. The molecule has 13 heteroatoms. The molecular formula is C25H29N3O9S. The van der Waals surface area contributed by atoms with E-state index in [1.807, 2.05) is 0 Å². The Kier molecular flexibility index (Phi) is 7.58. The number of hydrogen-bond donors (Lipinski definition) is 3. The van der Waals surface area contributed by atoms with Crippen LogP contribution in [-0.4, -0.2) is 75.8 Å². The van der Waals surface area contributed by atoms with Crippen molar-refractivity contribution < 1.29 is 43.3 Å². The minimum atomic E-state index is -1.33. The number of ether oxygens (including phenoxy) is 3. The van der Waals surface area contributed by atoms with Crippen LogP contribution in [0.15, 0.2) is 29.5 Å². The zero-order chi connectivity index (χ0) is 27.8. The number of amides is 3. The Balaban J connectivity index is 1.54. The van der Waals surface area contributed by atoms with E-state index < -0.39 is 52.9 Å². The van der Waals surface area contributed by atoms with E-state index in [2.05, 4.69) is 10.6 Å². The highest BCUT2D eigenvalue weighted by atomic mass is 32.2. The van der Waals surface area contributed by atoms with E-state index in [1.54, 1.807) is 39.0 Å². The number of carbonyl (C=O) groups excluding carboxylic acids is 4.